The van der Waals surface area contributed by atoms with Crippen LogP contribution in [0.3, 0.4) is 0 Å². The van der Waals surface area contributed by atoms with E-state index in [0.29, 0.717) is 41.7 Å². The zero-order valence-electron chi connectivity index (χ0n) is 18.4. The summed E-state index contributed by atoms with van der Waals surface area (Å²) in [5.74, 6) is -3.30. The van der Waals surface area contributed by atoms with Crippen LogP contribution in [0.1, 0.15) is 36.0 Å². The summed E-state index contributed by atoms with van der Waals surface area (Å²) in [7, 11) is 0. The Labute approximate surface area is 197 Å². The van der Waals surface area contributed by atoms with Gasteiger partial charge in [-0.25, -0.2) is 9.48 Å². The number of nitrogens with zero attached hydrogens (tertiary/aromatic N) is 3. The number of hydroxylamine groups is 2. The topological polar surface area (TPSA) is 120 Å². The third-order valence-corrected chi connectivity index (χ3v) is 5.64. The van der Waals surface area contributed by atoms with Crippen LogP contribution < -0.4 is 11.1 Å². The maximum Gasteiger partial charge on any atom is 0.492 e. The van der Waals surface area contributed by atoms with E-state index in [-0.39, 0.29) is 13.0 Å². The number of nitrogens with two attached hydrogens (primary N) is 1. The first-order valence-electron chi connectivity index (χ1n) is 10.9. The Morgan fingerprint density at radius 2 is 1.86 bits per heavy atom. The molecule has 1 aliphatic rings. The van der Waals surface area contributed by atoms with Crippen LogP contribution in [-0.2, 0) is 14.4 Å². The van der Waals surface area contributed by atoms with Gasteiger partial charge < -0.3 is 15.9 Å². The maximum absolute atomic E-state index is 12.5. The molecule has 1 fully saturated rings. The van der Waals surface area contributed by atoms with Crippen molar-refractivity contribution < 1.29 is 32.4 Å². The normalized spacial score (nSPS) is 16.7. The molecule has 9 nitrogen and oxygen atoms in total. The molecule has 3 aromatic rings. The van der Waals surface area contributed by atoms with E-state index in [1.807, 2.05) is 0 Å². The molecule has 0 spiro atoms. The number of alkyl halides is 3. The van der Waals surface area contributed by atoms with Crippen LogP contribution in [-0.4, -0.2) is 51.4 Å². The number of carbonyl (C=O) groups is 3. The molecule has 0 radical (unpaired) electrons. The fraction of sp³-hybridized carbons (Fsp3) is 0.304. The Morgan fingerprint density at radius 3 is 2.54 bits per heavy atom. The molecule has 4 rings (SSSR count). The summed E-state index contributed by atoms with van der Waals surface area (Å²) in [6.45, 7) is 0.129. The number of primary amides is 1. The first-order valence-corrected chi connectivity index (χ1v) is 10.9. The molecule has 1 aromatic heterocycles. The third-order valence-electron chi connectivity index (χ3n) is 5.64. The van der Waals surface area contributed by atoms with E-state index in [1.54, 1.807) is 53.3 Å². The van der Waals surface area contributed by atoms with Gasteiger partial charge in [-0.15, -0.1) is 5.06 Å². The van der Waals surface area contributed by atoms with Gasteiger partial charge in [0.15, 0.2) is 0 Å². The quantitative estimate of drug-likeness (QED) is 0.548. The smallest absolute Gasteiger partial charge is 0.366 e. The van der Waals surface area contributed by atoms with E-state index in [9.17, 15) is 27.6 Å². The number of hydrogen-bond acceptors (Lipinski definition) is 6. The number of piperidine rings is 1. The minimum absolute atomic E-state index is 0.129. The maximum atomic E-state index is 12.5. The van der Waals surface area contributed by atoms with Crippen molar-refractivity contribution >= 4 is 34.4 Å². The van der Waals surface area contributed by atoms with Crippen molar-refractivity contribution in [1.29, 1.82) is 0 Å². The zero-order valence-corrected chi connectivity index (χ0v) is 18.4. The lowest BCUT2D eigenvalue weighted by Crippen LogP contribution is -2.45. The molecule has 0 aliphatic carbocycles. The Bertz CT molecular complexity index is 1260. The van der Waals surface area contributed by atoms with Gasteiger partial charge >= 0.3 is 12.1 Å². The SMILES string of the molecule is NC(=O)c1cccc2cn(-c3ccc(NC(=O)CC4CCCCN4OC(=O)C(F)(F)F)cc3)nc12. The number of nitrogens with one attached hydrogen (secondary N) is 1. The lowest BCUT2D eigenvalue weighted by atomic mass is 10.0. The highest BCUT2D eigenvalue weighted by atomic mass is 19.4. The Morgan fingerprint density at radius 1 is 1.11 bits per heavy atom. The number of rotatable bonds is 6. The largest absolute Gasteiger partial charge is 0.492 e. The molecule has 35 heavy (non-hydrogen) atoms. The summed E-state index contributed by atoms with van der Waals surface area (Å²) in [5.41, 5.74) is 7.34. The molecule has 0 bridgehead atoms. The van der Waals surface area contributed by atoms with E-state index >= 15 is 0 Å². The second kappa shape index (κ2) is 9.74. The monoisotopic (exact) mass is 489 g/mol. The van der Waals surface area contributed by atoms with Crippen LogP contribution in [0.4, 0.5) is 18.9 Å². The second-order valence-corrected chi connectivity index (χ2v) is 8.15. The summed E-state index contributed by atoms with van der Waals surface area (Å²) >= 11 is 0. The van der Waals surface area contributed by atoms with Gasteiger partial charge in [0.25, 0.3) is 5.91 Å². The van der Waals surface area contributed by atoms with E-state index in [1.165, 1.54) is 0 Å². The number of aromatic nitrogens is 2. The van der Waals surface area contributed by atoms with Gasteiger partial charge in [0, 0.05) is 30.2 Å². The minimum Gasteiger partial charge on any atom is -0.366 e. The summed E-state index contributed by atoms with van der Waals surface area (Å²) in [5, 5.41) is 8.81. The fourth-order valence-corrected chi connectivity index (χ4v) is 3.96. The Hall–Kier alpha value is -3.93. The van der Waals surface area contributed by atoms with Crippen LogP contribution in [0.5, 0.6) is 0 Å². The number of carbonyl (C=O) groups excluding carboxylic acids is 3. The van der Waals surface area contributed by atoms with Gasteiger partial charge in [-0.2, -0.15) is 18.3 Å². The lowest BCUT2D eigenvalue weighted by Gasteiger charge is -2.33. The fourth-order valence-electron chi connectivity index (χ4n) is 3.96. The summed E-state index contributed by atoms with van der Waals surface area (Å²) in [4.78, 5) is 39.8. The van der Waals surface area contributed by atoms with Crippen molar-refractivity contribution in [2.45, 2.75) is 37.9 Å². The summed E-state index contributed by atoms with van der Waals surface area (Å²) in [6.07, 6.45) is -1.79. The number of fused-ring (bicyclic) bond motifs is 1. The highest BCUT2D eigenvalue weighted by molar-refractivity contribution is 6.04. The number of amides is 2. The van der Waals surface area contributed by atoms with Crippen molar-refractivity contribution in [3.05, 3.63) is 54.2 Å². The average Bonchev–Trinajstić information content (AvgIpc) is 3.24. The van der Waals surface area contributed by atoms with E-state index in [0.717, 1.165) is 10.4 Å². The van der Waals surface area contributed by atoms with E-state index in [2.05, 4.69) is 15.3 Å². The van der Waals surface area contributed by atoms with Crippen molar-refractivity contribution in [3.8, 4) is 5.69 Å². The third kappa shape index (κ3) is 5.60. The van der Waals surface area contributed by atoms with Crippen LogP contribution in [0.25, 0.3) is 16.6 Å². The molecule has 12 heteroatoms. The molecule has 1 unspecified atom stereocenters. The number of benzene rings is 2. The average molecular weight is 489 g/mol. The van der Waals surface area contributed by atoms with Crippen molar-refractivity contribution in [1.82, 2.24) is 14.8 Å². The summed E-state index contributed by atoms with van der Waals surface area (Å²) < 4.78 is 39.2. The van der Waals surface area contributed by atoms with Crippen molar-refractivity contribution in [2.24, 2.45) is 5.73 Å². The first kappa shape index (κ1) is 24.2. The van der Waals surface area contributed by atoms with Gasteiger partial charge in [-0.3, -0.25) is 9.59 Å². The van der Waals surface area contributed by atoms with E-state index < -0.39 is 30.0 Å². The molecular formula is C23H22F3N5O4. The van der Waals surface area contributed by atoms with Crippen LogP contribution >= 0.6 is 0 Å². The molecule has 0 saturated carbocycles. The Kier molecular flexibility index (Phi) is 6.74. The van der Waals surface area contributed by atoms with Crippen LogP contribution in [0, 0.1) is 0 Å². The highest BCUT2D eigenvalue weighted by Gasteiger charge is 2.43. The molecule has 2 heterocycles. The zero-order chi connectivity index (χ0) is 25.2. The number of anilines is 1. The predicted molar refractivity (Wildman–Crippen MR) is 119 cm³/mol. The predicted octanol–water partition coefficient (Wildman–Crippen LogP) is 3.33. The van der Waals surface area contributed by atoms with Crippen molar-refractivity contribution in [3.63, 3.8) is 0 Å². The molecule has 1 aliphatic heterocycles. The van der Waals surface area contributed by atoms with Gasteiger partial charge in [0.05, 0.1) is 17.3 Å². The minimum atomic E-state index is -5.10. The molecule has 1 atom stereocenters. The Balaban J connectivity index is 1.41. The van der Waals surface area contributed by atoms with Crippen LogP contribution in [0.2, 0.25) is 0 Å². The number of halogens is 3. The van der Waals surface area contributed by atoms with Crippen LogP contribution in [0.15, 0.2) is 48.7 Å². The van der Waals surface area contributed by atoms with Gasteiger partial charge in [-0.05, 0) is 43.2 Å². The number of hydrogen-bond donors (Lipinski definition) is 2. The molecular weight excluding hydrogens is 467 g/mol. The lowest BCUT2D eigenvalue weighted by molar-refractivity contribution is -0.250. The second-order valence-electron chi connectivity index (χ2n) is 8.15. The van der Waals surface area contributed by atoms with Crippen molar-refractivity contribution in [2.75, 3.05) is 11.9 Å². The first-order chi connectivity index (χ1) is 16.6. The highest BCUT2D eigenvalue weighted by Crippen LogP contribution is 2.25. The molecule has 184 valence electrons. The molecule has 3 N–H and O–H groups in total. The molecule has 2 amide bonds. The molecule has 1 saturated heterocycles. The molecule has 2 aromatic carbocycles. The summed E-state index contributed by atoms with van der Waals surface area (Å²) in [6, 6.07) is 11.2. The standard InChI is InChI=1S/C23H22F3N5O4/c24-23(25,26)22(34)35-31-11-2-1-5-17(31)12-19(32)28-15-7-9-16(10-8-15)30-13-14-4-3-6-18(21(27)33)20(14)29-30/h3-4,6-10,13,17H,1-2,5,11-12H2,(H2,27,33)(H,28,32). The van der Waals surface area contributed by atoms with Gasteiger partial charge in [0.2, 0.25) is 5.91 Å². The van der Waals surface area contributed by atoms with E-state index in [4.69, 9.17) is 5.73 Å². The van der Waals surface area contributed by atoms with Gasteiger partial charge in [-0.1, -0.05) is 18.6 Å². The van der Waals surface area contributed by atoms with Gasteiger partial charge in [0.1, 0.15) is 5.52 Å².